The van der Waals surface area contributed by atoms with Crippen LogP contribution in [0, 0.1) is 5.92 Å². The van der Waals surface area contributed by atoms with E-state index in [1.807, 2.05) is 60.7 Å². The molecule has 2 aromatic heterocycles. The van der Waals surface area contributed by atoms with Gasteiger partial charge in [-0.1, -0.05) is 60.7 Å². The average Bonchev–Trinajstić information content (AvgIpc) is 3.84. The number of para-hydroxylation sites is 2. The molecule has 0 bridgehead atoms. The Morgan fingerprint density at radius 3 is 1.68 bits per heavy atom. The van der Waals surface area contributed by atoms with Crippen LogP contribution in [-0.2, 0) is 0 Å². The molecule has 1 aliphatic carbocycles. The van der Waals surface area contributed by atoms with Gasteiger partial charge in [-0.2, -0.15) is 0 Å². The molecular weight excluding hydrogens is 781 g/mol. The minimum atomic E-state index is -3.09. The summed E-state index contributed by atoms with van der Waals surface area (Å²) in [4.78, 5) is 15.0. The topological polar surface area (TPSA) is 43.6 Å². The van der Waals surface area contributed by atoms with E-state index in [-0.39, 0.29) is 0 Å². The van der Waals surface area contributed by atoms with Gasteiger partial charge in [0.2, 0.25) is 0 Å². The quantitative estimate of drug-likeness (QED) is 0.150. The van der Waals surface area contributed by atoms with Gasteiger partial charge >= 0.3 is 282 Å². The molecule has 5 heteroatoms. The third kappa shape index (κ3) is 5.99. The first-order valence-electron chi connectivity index (χ1n) is 22.0. The van der Waals surface area contributed by atoms with E-state index < -0.39 is 8.07 Å². The first kappa shape index (κ1) is 37.1. The van der Waals surface area contributed by atoms with E-state index in [1.54, 1.807) is 5.20 Å². The average molecular weight is 824 g/mol. The maximum atomic E-state index is 5.02. The Bertz CT molecular complexity index is 3350. The number of aromatic nitrogens is 4. The van der Waals surface area contributed by atoms with Crippen LogP contribution in [0.3, 0.4) is 0 Å². The molecule has 1 unspecified atom stereocenters. The summed E-state index contributed by atoms with van der Waals surface area (Å²) in [6.07, 6.45) is 8.21. The summed E-state index contributed by atoms with van der Waals surface area (Å²) in [5.41, 5.74) is 11.4. The number of nitrogens with zero attached hydrogens (tertiary/aromatic N) is 4. The molecule has 1 atom stereocenters. The molecule has 4 nitrogen and oxygen atoms in total. The van der Waals surface area contributed by atoms with Crippen molar-refractivity contribution in [2.75, 3.05) is 0 Å². The summed E-state index contributed by atoms with van der Waals surface area (Å²) in [5.74, 6) is 2.44. The van der Waals surface area contributed by atoms with Crippen molar-refractivity contribution in [3.05, 3.63) is 224 Å². The fraction of sp³-hybridized carbons (Fsp3) is 0.0517. The molecule has 63 heavy (non-hydrogen) atoms. The van der Waals surface area contributed by atoms with Crippen LogP contribution in [0.15, 0.2) is 224 Å². The van der Waals surface area contributed by atoms with Gasteiger partial charge in [-0.25, -0.2) is 4.98 Å². The molecule has 12 rings (SSSR count). The molecule has 0 amide bonds. The Labute approximate surface area is 368 Å². The summed E-state index contributed by atoms with van der Waals surface area (Å²) in [6.45, 7) is 2.36. The zero-order valence-electron chi connectivity index (χ0n) is 34.9. The third-order valence-electron chi connectivity index (χ3n) is 13.5. The normalized spacial score (nSPS) is 15.5. The number of fused-ring (bicyclic) bond motifs is 6. The summed E-state index contributed by atoms with van der Waals surface area (Å²) in [5, 5.41) is 8.65. The molecule has 0 saturated carbocycles. The molecule has 10 aromatic rings. The van der Waals surface area contributed by atoms with Crippen molar-refractivity contribution in [1.82, 2.24) is 19.5 Å². The summed E-state index contributed by atoms with van der Waals surface area (Å²) in [7, 11) is -3.09. The predicted molar refractivity (Wildman–Crippen MR) is 265 cm³/mol. The second-order valence-corrected chi connectivity index (χ2v) is 21.5. The number of allylic oxidation sites excluding steroid dienone is 4. The first-order valence-corrected chi connectivity index (χ1v) is 24.3. The Balaban J connectivity index is 1.07. The molecule has 0 spiro atoms. The Morgan fingerprint density at radius 2 is 1.03 bits per heavy atom. The Kier molecular flexibility index (Phi) is 8.83. The van der Waals surface area contributed by atoms with Crippen molar-refractivity contribution in [3.8, 4) is 62.1 Å². The number of benzene rings is 8. The van der Waals surface area contributed by atoms with E-state index in [4.69, 9.17) is 15.0 Å². The van der Waals surface area contributed by atoms with Crippen molar-refractivity contribution in [2.24, 2.45) is 5.92 Å². The monoisotopic (exact) mass is 823 g/mol. The second kappa shape index (κ2) is 15.0. The van der Waals surface area contributed by atoms with Gasteiger partial charge in [0, 0.05) is 11.1 Å². The molecule has 0 fully saturated rings. The van der Waals surface area contributed by atoms with Crippen LogP contribution in [0.25, 0.3) is 83.9 Å². The van der Waals surface area contributed by atoms with Crippen molar-refractivity contribution < 1.29 is 0 Å². The van der Waals surface area contributed by atoms with Crippen LogP contribution in [0.4, 0.5) is 0 Å². The van der Waals surface area contributed by atoms with E-state index >= 15 is 0 Å². The predicted octanol–water partition coefficient (Wildman–Crippen LogP) is 11.9. The molecule has 0 N–H and O–H groups in total. The van der Waals surface area contributed by atoms with Gasteiger partial charge in [-0.15, -0.1) is 0 Å². The SMILES string of the molecule is CC1C=CC=C([SiH-]2(c3ccccc3)c3ccccc3-c3cc4c(cc32)c2cccc(-c3ccc(-c5nc(-c6ccccc6)nc(-c6ccccc6)n5)cc3)c2n4-c2ccccc2)C1. The third-order valence-corrected chi connectivity index (χ3v) is 19.2. The van der Waals surface area contributed by atoms with Gasteiger partial charge in [-0.05, 0) is 0 Å². The maximum absolute atomic E-state index is 5.02. The molecular formula is C58H43N4Si-. The standard InChI is InChI=1S/C58H43N4Si/c1-39-18-16-27-46(36-39)63(45-25-12-5-13-26-45)53-31-15-14-28-48(53)51-37-52-50(38-54(51)63)49-30-17-29-47(55(49)62(52)44-23-10-4-11-24-44)40-32-34-43(35-33-40)58-60-56(41-19-6-2-7-20-41)59-57(61-58)42-21-8-3-9-22-42/h2-35,37-39,63H,36H2,1H3/q-1. The van der Waals surface area contributed by atoms with Crippen LogP contribution in [0.1, 0.15) is 13.3 Å². The number of hydrogen-bond acceptors (Lipinski definition) is 3. The van der Waals surface area contributed by atoms with Crippen molar-refractivity contribution in [2.45, 2.75) is 13.3 Å². The summed E-state index contributed by atoms with van der Waals surface area (Å²) >= 11 is 0. The summed E-state index contributed by atoms with van der Waals surface area (Å²) < 4.78 is 2.50. The van der Waals surface area contributed by atoms with Crippen LogP contribution < -0.4 is 15.6 Å². The molecule has 0 radical (unpaired) electrons. The van der Waals surface area contributed by atoms with Crippen molar-refractivity contribution >= 4 is 45.4 Å². The van der Waals surface area contributed by atoms with Crippen LogP contribution in [-0.4, -0.2) is 27.6 Å². The van der Waals surface area contributed by atoms with Gasteiger partial charge in [0.15, 0.2) is 11.6 Å². The van der Waals surface area contributed by atoms with E-state index in [0.717, 1.165) is 34.4 Å². The molecule has 300 valence electrons. The zero-order chi connectivity index (χ0) is 41.9. The van der Waals surface area contributed by atoms with E-state index in [2.05, 4.69) is 169 Å². The van der Waals surface area contributed by atoms with Gasteiger partial charge in [0.25, 0.3) is 0 Å². The van der Waals surface area contributed by atoms with Crippen LogP contribution >= 0.6 is 0 Å². The van der Waals surface area contributed by atoms with Gasteiger partial charge in [0.1, 0.15) is 0 Å². The zero-order valence-corrected chi connectivity index (χ0v) is 36.1. The van der Waals surface area contributed by atoms with Crippen molar-refractivity contribution in [1.29, 1.82) is 0 Å². The van der Waals surface area contributed by atoms with Gasteiger partial charge in [0.05, 0.1) is 0 Å². The number of hydrogen-bond donors (Lipinski definition) is 0. The molecule has 1 aliphatic heterocycles. The summed E-state index contributed by atoms with van der Waals surface area (Å²) in [6, 6.07) is 72.6. The molecule has 0 saturated heterocycles. The second-order valence-electron chi connectivity index (χ2n) is 17.1. The number of rotatable bonds is 7. The fourth-order valence-corrected chi connectivity index (χ4v) is 17.2. The Morgan fingerprint density at radius 1 is 0.476 bits per heavy atom. The fourth-order valence-electron chi connectivity index (χ4n) is 10.7. The molecule has 8 aromatic carbocycles. The van der Waals surface area contributed by atoms with Gasteiger partial charge in [-0.3, -0.25) is 0 Å². The van der Waals surface area contributed by atoms with Crippen LogP contribution in [0.2, 0.25) is 0 Å². The minimum absolute atomic E-state index is 0.487. The first-order chi connectivity index (χ1) is 31.1. The van der Waals surface area contributed by atoms with E-state index in [1.165, 1.54) is 54.1 Å². The van der Waals surface area contributed by atoms with E-state index in [0.29, 0.717) is 23.4 Å². The Hall–Kier alpha value is -7.73. The molecule has 3 heterocycles. The van der Waals surface area contributed by atoms with Crippen molar-refractivity contribution in [3.63, 3.8) is 0 Å². The molecule has 2 aliphatic rings. The van der Waals surface area contributed by atoms with E-state index in [9.17, 15) is 0 Å². The van der Waals surface area contributed by atoms with Gasteiger partial charge < -0.3 is 0 Å². The van der Waals surface area contributed by atoms with Crippen LogP contribution in [0.5, 0.6) is 0 Å².